The summed E-state index contributed by atoms with van der Waals surface area (Å²) in [6.45, 7) is 2.10. The second-order valence-electron chi connectivity index (χ2n) is 8.37. The number of hydrogen-bond acceptors (Lipinski definition) is 6. The average molecular weight is 428 g/mol. The number of hydrogen-bond donors (Lipinski definition) is 1. The summed E-state index contributed by atoms with van der Waals surface area (Å²) in [5.74, 6) is 0.439. The lowest BCUT2D eigenvalue weighted by Crippen LogP contribution is -2.29. The van der Waals surface area contributed by atoms with Crippen molar-refractivity contribution in [2.75, 3.05) is 25.5 Å². The summed E-state index contributed by atoms with van der Waals surface area (Å²) in [5, 5.41) is 7.97. The number of nitrogens with one attached hydrogen (secondary N) is 1. The van der Waals surface area contributed by atoms with Crippen LogP contribution in [-0.4, -0.2) is 55.7 Å². The highest BCUT2D eigenvalue weighted by Gasteiger charge is 2.20. The molecule has 5 rings (SSSR count). The second kappa shape index (κ2) is 8.47. The molecule has 0 atom stereocenters. The Hall–Kier alpha value is -3.65. The topological polar surface area (TPSA) is 88.8 Å². The number of benzene rings is 1. The van der Waals surface area contributed by atoms with Crippen molar-refractivity contribution in [3.05, 3.63) is 66.4 Å². The summed E-state index contributed by atoms with van der Waals surface area (Å²) < 4.78 is 1.76. The maximum Gasteiger partial charge on any atom is 0.258 e. The van der Waals surface area contributed by atoms with E-state index in [4.69, 9.17) is 0 Å². The molecule has 1 N–H and O–H groups in total. The van der Waals surface area contributed by atoms with E-state index >= 15 is 0 Å². The highest BCUT2D eigenvalue weighted by Crippen LogP contribution is 2.27. The number of carbonyl (C=O) groups is 1. The summed E-state index contributed by atoms with van der Waals surface area (Å²) in [6.07, 6.45) is 9.32. The smallest absolute Gasteiger partial charge is 0.258 e. The van der Waals surface area contributed by atoms with E-state index in [1.165, 1.54) is 0 Å². The predicted octanol–water partition coefficient (Wildman–Crippen LogP) is 3.49. The molecule has 0 aliphatic carbocycles. The van der Waals surface area contributed by atoms with Crippen LogP contribution in [0.5, 0.6) is 0 Å². The average Bonchev–Trinajstić information content (AvgIpc) is 3.25. The molecule has 8 nitrogen and oxygen atoms in total. The number of likely N-dealkylation sites (tertiary alicyclic amines) is 1. The number of fused-ring (bicyclic) bond motifs is 1. The minimum Gasteiger partial charge on any atom is -0.306 e. The van der Waals surface area contributed by atoms with Crippen LogP contribution in [0, 0.1) is 0 Å². The minimum absolute atomic E-state index is 0.232. The van der Waals surface area contributed by atoms with Crippen molar-refractivity contribution in [3.63, 3.8) is 0 Å². The molecular weight excluding hydrogens is 402 g/mol. The molecule has 1 aliphatic heterocycles. The highest BCUT2D eigenvalue weighted by atomic mass is 16.1. The molecule has 162 valence electrons. The molecule has 4 heterocycles. The first-order valence-electron chi connectivity index (χ1n) is 10.8. The van der Waals surface area contributed by atoms with Crippen LogP contribution in [0.15, 0.2) is 55.1 Å². The molecule has 0 saturated carbocycles. The number of aromatic nitrogens is 5. The molecule has 1 aliphatic rings. The molecular formula is C24H25N7O. The predicted molar refractivity (Wildman–Crippen MR) is 123 cm³/mol. The molecule has 1 saturated heterocycles. The summed E-state index contributed by atoms with van der Waals surface area (Å²) in [4.78, 5) is 28.6. The van der Waals surface area contributed by atoms with E-state index in [1.54, 1.807) is 23.1 Å². The lowest BCUT2D eigenvalue weighted by atomic mass is 9.92. The van der Waals surface area contributed by atoms with E-state index in [1.807, 2.05) is 43.7 Å². The number of aryl methyl sites for hydroxylation is 1. The first-order chi connectivity index (χ1) is 15.5. The van der Waals surface area contributed by atoms with Gasteiger partial charge in [-0.2, -0.15) is 5.10 Å². The number of nitrogens with zero attached hydrogens (tertiary/aromatic N) is 6. The maximum absolute atomic E-state index is 12.9. The van der Waals surface area contributed by atoms with Crippen LogP contribution in [0.1, 0.15) is 34.8 Å². The van der Waals surface area contributed by atoms with Gasteiger partial charge in [-0.3, -0.25) is 19.8 Å². The summed E-state index contributed by atoms with van der Waals surface area (Å²) in [7, 11) is 4.02. The minimum atomic E-state index is -0.232. The number of carbonyl (C=O) groups excluding carboxylic acids is 1. The molecule has 1 fully saturated rings. The largest absolute Gasteiger partial charge is 0.306 e. The molecule has 3 aromatic heterocycles. The summed E-state index contributed by atoms with van der Waals surface area (Å²) in [6, 6.07) is 9.60. The van der Waals surface area contributed by atoms with Gasteiger partial charge in [0.05, 0.1) is 11.7 Å². The molecule has 32 heavy (non-hydrogen) atoms. The van der Waals surface area contributed by atoms with Crippen LogP contribution in [0.2, 0.25) is 0 Å². The van der Waals surface area contributed by atoms with E-state index in [0.29, 0.717) is 11.5 Å². The van der Waals surface area contributed by atoms with Gasteiger partial charge >= 0.3 is 0 Å². The van der Waals surface area contributed by atoms with Crippen molar-refractivity contribution in [2.45, 2.75) is 18.8 Å². The first-order valence-corrected chi connectivity index (χ1v) is 10.8. The number of rotatable bonds is 4. The van der Waals surface area contributed by atoms with Gasteiger partial charge in [-0.25, -0.2) is 9.97 Å². The number of piperidine rings is 1. The lowest BCUT2D eigenvalue weighted by molar-refractivity contribution is 0.102. The zero-order valence-electron chi connectivity index (χ0n) is 18.2. The molecule has 4 aromatic rings. The van der Waals surface area contributed by atoms with Gasteiger partial charge in [-0.05, 0) is 56.7 Å². The van der Waals surface area contributed by atoms with Crippen molar-refractivity contribution in [1.82, 2.24) is 29.6 Å². The standard InChI is InChI=1S/C24H25N7O/c1-30-9-6-16(7-10-30)21-12-18(5-8-25-21)23(32)29-24-26-13-19-4-3-17(11-22(19)28-24)20-14-27-31(2)15-20/h3-5,8,11-16H,6-7,9-10H2,1-2H3,(H,26,28,29,32). The Labute approximate surface area is 186 Å². The Morgan fingerprint density at radius 2 is 1.88 bits per heavy atom. The van der Waals surface area contributed by atoms with Gasteiger partial charge in [0, 0.05) is 53.8 Å². The van der Waals surface area contributed by atoms with Crippen LogP contribution in [0.3, 0.4) is 0 Å². The Morgan fingerprint density at radius 3 is 2.66 bits per heavy atom. The third-order valence-corrected chi connectivity index (χ3v) is 6.03. The van der Waals surface area contributed by atoms with Crippen molar-refractivity contribution >= 4 is 22.8 Å². The third kappa shape index (κ3) is 4.22. The first kappa shape index (κ1) is 20.3. The van der Waals surface area contributed by atoms with Gasteiger partial charge in [0.2, 0.25) is 5.95 Å². The van der Waals surface area contributed by atoms with Gasteiger partial charge in [0.1, 0.15) is 0 Å². The summed E-state index contributed by atoms with van der Waals surface area (Å²) >= 11 is 0. The van der Waals surface area contributed by atoms with Crippen LogP contribution in [-0.2, 0) is 7.05 Å². The molecule has 0 bridgehead atoms. The van der Waals surface area contributed by atoms with Crippen molar-refractivity contribution in [2.24, 2.45) is 7.05 Å². The van der Waals surface area contributed by atoms with Crippen molar-refractivity contribution < 1.29 is 4.79 Å². The summed E-state index contributed by atoms with van der Waals surface area (Å²) in [5.41, 5.74) is 4.33. The molecule has 8 heteroatoms. The lowest BCUT2D eigenvalue weighted by Gasteiger charge is -2.28. The fourth-order valence-electron chi connectivity index (χ4n) is 4.12. The van der Waals surface area contributed by atoms with E-state index in [-0.39, 0.29) is 11.9 Å². The van der Waals surface area contributed by atoms with Gasteiger partial charge in [-0.1, -0.05) is 12.1 Å². The fraction of sp³-hybridized carbons (Fsp3) is 0.292. The zero-order valence-corrected chi connectivity index (χ0v) is 18.2. The Bertz CT molecular complexity index is 1270. The van der Waals surface area contributed by atoms with Gasteiger partial charge < -0.3 is 4.90 Å². The normalized spacial score (nSPS) is 15.2. The van der Waals surface area contributed by atoms with E-state index < -0.39 is 0 Å². The fourth-order valence-corrected chi connectivity index (χ4v) is 4.12. The number of amides is 1. The third-order valence-electron chi connectivity index (χ3n) is 6.03. The molecule has 0 radical (unpaired) electrons. The molecule has 0 unspecified atom stereocenters. The molecule has 0 spiro atoms. The Kier molecular flexibility index (Phi) is 5.36. The second-order valence-corrected chi connectivity index (χ2v) is 8.37. The van der Waals surface area contributed by atoms with Crippen LogP contribution in [0.4, 0.5) is 5.95 Å². The van der Waals surface area contributed by atoms with Gasteiger partial charge in [0.25, 0.3) is 5.91 Å². The quantitative estimate of drug-likeness (QED) is 0.536. The van der Waals surface area contributed by atoms with Gasteiger partial charge in [0.15, 0.2) is 0 Å². The van der Waals surface area contributed by atoms with Crippen LogP contribution < -0.4 is 5.32 Å². The van der Waals surface area contributed by atoms with Crippen LogP contribution >= 0.6 is 0 Å². The van der Waals surface area contributed by atoms with E-state index in [2.05, 4.69) is 37.3 Å². The Balaban J connectivity index is 1.36. The molecule has 1 amide bonds. The molecule has 1 aromatic carbocycles. The highest BCUT2D eigenvalue weighted by molar-refractivity contribution is 6.03. The van der Waals surface area contributed by atoms with Crippen molar-refractivity contribution in [3.8, 4) is 11.1 Å². The van der Waals surface area contributed by atoms with E-state index in [0.717, 1.165) is 53.7 Å². The van der Waals surface area contributed by atoms with E-state index in [9.17, 15) is 4.79 Å². The monoisotopic (exact) mass is 427 g/mol. The van der Waals surface area contributed by atoms with Gasteiger partial charge in [-0.15, -0.1) is 0 Å². The number of pyridine rings is 1. The van der Waals surface area contributed by atoms with Crippen molar-refractivity contribution in [1.29, 1.82) is 0 Å². The number of anilines is 1. The van der Waals surface area contributed by atoms with Crippen LogP contribution in [0.25, 0.3) is 22.0 Å². The zero-order chi connectivity index (χ0) is 22.1. The SMILES string of the molecule is CN1CCC(c2cc(C(=O)Nc3ncc4ccc(-c5cnn(C)c5)cc4n3)ccn2)CC1. The maximum atomic E-state index is 12.9. The Morgan fingerprint density at radius 1 is 1.03 bits per heavy atom.